The maximum absolute atomic E-state index is 3.63. The molecule has 0 radical (unpaired) electrons. The van der Waals surface area contributed by atoms with E-state index in [4.69, 9.17) is 0 Å². The van der Waals surface area contributed by atoms with Gasteiger partial charge in [0, 0.05) is 6.04 Å². The van der Waals surface area contributed by atoms with Crippen LogP contribution < -0.4 is 5.32 Å². The SMILES string of the molecule is CCCCCCCC(C)C(NCC)C(C)C. The van der Waals surface area contributed by atoms with Crippen LogP contribution in [0, 0.1) is 11.8 Å². The zero-order valence-corrected chi connectivity index (χ0v) is 12.2. The maximum atomic E-state index is 3.63. The average Bonchev–Trinajstić information content (AvgIpc) is 2.24. The summed E-state index contributed by atoms with van der Waals surface area (Å²) in [6, 6.07) is 0.705. The van der Waals surface area contributed by atoms with E-state index in [2.05, 4.69) is 39.9 Å². The summed E-state index contributed by atoms with van der Waals surface area (Å²) in [5.41, 5.74) is 0. The van der Waals surface area contributed by atoms with Crippen LogP contribution in [0.1, 0.15) is 73.1 Å². The van der Waals surface area contributed by atoms with Crippen LogP contribution in [0.3, 0.4) is 0 Å². The fourth-order valence-corrected chi connectivity index (χ4v) is 2.58. The third kappa shape index (κ3) is 7.27. The highest BCUT2D eigenvalue weighted by Gasteiger charge is 2.18. The summed E-state index contributed by atoms with van der Waals surface area (Å²) in [4.78, 5) is 0. The molecule has 1 nitrogen and oxygen atoms in total. The Labute approximate surface area is 103 Å². The van der Waals surface area contributed by atoms with E-state index in [-0.39, 0.29) is 0 Å². The van der Waals surface area contributed by atoms with Crippen molar-refractivity contribution in [2.75, 3.05) is 6.54 Å². The first-order chi connectivity index (χ1) is 7.63. The lowest BCUT2D eigenvalue weighted by Gasteiger charge is -2.28. The van der Waals surface area contributed by atoms with Gasteiger partial charge in [-0.2, -0.15) is 0 Å². The van der Waals surface area contributed by atoms with Crippen molar-refractivity contribution in [2.24, 2.45) is 11.8 Å². The van der Waals surface area contributed by atoms with E-state index in [0.717, 1.165) is 18.4 Å². The van der Waals surface area contributed by atoms with Gasteiger partial charge in [0.05, 0.1) is 0 Å². The molecule has 0 aliphatic carbocycles. The van der Waals surface area contributed by atoms with Gasteiger partial charge in [-0.3, -0.25) is 0 Å². The van der Waals surface area contributed by atoms with Gasteiger partial charge in [0.15, 0.2) is 0 Å². The van der Waals surface area contributed by atoms with Crippen LogP contribution in [0.2, 0.25) is 0 Å². The molecule has 0 saturated heterocycles. The highest BCUT2D eigenvalue weighted by Crippen LogP contribution is 2.19. The summed E-state index contributed by atoms with van der Waals surface area (Å²) in [5, 5.41) is 3.63. The molecule has 0 bridgehead atoms. The molecule has 0 rings (SSSR count). The lowest BCUT2D eigenvalue weighted by Crippen LogP contribution is -2.39. The average molecular weight is 227 g/mol. The quantitative estimate of drug-likeness (QED) is 0.537. The fourth-order valence-electron chi connectivity index (χ4n) is 2.58. The zero-order chi connectivity index (χ0) is 12.4. The molecular weight excluding hydrogens is 194 g/mol. The maximum Gasteiger partial charge on any atom is 0.0116 e. The molecule has 0 fully saturated rings. The lowest BCUT2D eigenvalue weighted by atomic mass is 9.88. The Bertz CT molecular complexity index is 142. The van der Waals surface area contributed by atoms with Crippen LogP contribution in [0.25, 0.3) is 0 Å². The van der Waals surface area contributed by atoms with Gasteiger partial charge < -0.3 is 5.32 Å². The molecule has 2 atom stereocenters. The topological polar surface area (TPSA) is 12.0 Å². The third-order valence-electron chi connectivity index (χ3n) is 3.53. The van der Waals surface area contributed by atoms with Crippen molar-refractivity contribution in [1.29, 1.82) is 0 Å². The van der Waals surface area contributed by atoms with Gasteiger partial charge in [-0.1, -0.05) is 66.7 Å². The minimum absolute atomic E-state index is 0.705. The lowest BCUT2D eigenvalue weighted by molar-refractivity contribution is 0.284. The summed E-state index contributed by atoms with van der Waals surface area (Å²) in [6.45, 7) is 12.7. The first-order valence-electron chi connectivity index (χ1n) is 7.36. The second kappa shape index (κ2) is 10.1. The number of unbranched alkanes of at least 4 members (excludes halogenated alkanes) is 4. The van der Waals surface area contributed by atoms with Crippen molar-refractivity contribution in [2.45, 2.75) is 79.2 Å². The molecule has 0 aromatic heterocycles. The molecule has 98 valence electrons. The standard InChI is InChI=1S/C15H33N/c1-6-8-9-10-11-12-14(5)15(13(3)4)16-7-2/h13-16H,6-12H2,1-5H3. The first-order valence-corrected chi connectivity index (χ1v) is 7.36. The molecule has 16 heavy (non-hydrogen) atoms. The molecular formula is C15H33N. The fraction of sp³-hybridized carbons (Fsp3) is 1.00. The summed E-state index contributed by atoms with van der Waals surface area (Å²) < 4.78 is 0. The molecule has 0 heterocycles. The van der Waals surface area contributed by atoms with E-state index in [1.165, 1.54) is 38.5 Å². The van der Waals surface area contributed by atoms with Crippen molar-refractivity contribution in [3.63, 3.8) is 0 Å². The van der Waals surface area contributed by atoms with Crippen molar-refractivity contribution in [3.05, 3.63) is 0 Å². The normalized spacial score (nSPS) is 15.4. The van der Waals surface area contributed by atoms with Crippen LogP contribution in [0.5, 0.6) is 0 Å². The molecule has 2 unspecified atom stereocenters. The van der Waals surface area contributed by atoms with Crippen molar-refractivity contribution >= 4 is 0 Å². The highest BCUT2D eigenvalue weighted by molar-refractivity contribution is 4.75. The van der Waals surface area contributed by atoms with Gasteiger partial charge in [0.1, 0.15) is 0 Å². The van der Waals surface area contributed by atoms with Crippen molar-refractivity contribution < 1.29 is 0 Å². The van der Waals surface area contributed by atoms with Crippen LogP contribution in [-0.2, 0) is 0 Å². The highest BCUT2D eigenvalue weighted by atomic mass is 14.9. The number of hydrogen-bond donors (Lipinski definition) is 1. The van der Waals surface area contributed by atoms with Crippen molar-refractivity contribution in [3.8, 4) is 0 Å². The van der Waals surface area contributed by atoms with Gasteiger partial charge in [0.2, 0.25) is 0 Å². The Balaban J connectivity index is 3.69. The van der Waals surface area contributed by atoms with E-state index in [1.807, 2.05) is 0 Å². The Hall–Kier alpha value is -0.0400. The molecule has 1 N–H and O–H groups in total. The molecule has 0 aromatic rings. The van der Waals surface area contributed by atoms with E-state index < -0.39 is 0 Å². The van der Waals surface area contributed by atoms with Crippen LogP contribution >= 0.6 is 0 Å². The second-order valence-electron chi connectivity index (χ2n) is 5.51. The minimum Gasteiger partial charge on any atom is -0.314 e. The van der Waals surface area contributed by atoms with Crippen LogP contribution in [-0.4, -0.2) is 12.6 Å². The van der Waals surface area contributed by atoms with Crippen molar-refractivity contribution in [1.82, 2.24) is 5.32 Å². The molecule has 0 saturated carbocycles. The minimum atomic E-state index is 0.705. The molecule has 0 aliphatic rings. The van der Waals surface area contributed by atoms with Gasteiger partial charge in [0.25, 0.3) is 0 Å². The Morgan fingerprint density at radius 3 is 2.00 bits per heavy atom. The molecule has 1 heteroatoms. The summed E-state index contributed by atoms with van der Waals surface area (Å²) in [5.74, 6) is 1.58. The van der Waals surface area contributed by atoms with Gasteiger partial charge in [-0.05, 0) is 24.8 Å². The molecule has 0 spiro atoms. The van der Waals surface area contributed by atoms with Gasteiger partial charge in [-0.25, -0.2) is 0 Å². The molecule has 0 aromatic carbocycles. The van der Waals surface area contributed by atoms with E-state index in [0.29, 0.717) is 6.04 Å². The number of hydrogen-bond acceptors (Lipinski definition) is 1. The Kier molecular flexibility index (Phi) is 10.1. The van der Waals surface area contributed by atoms with E-state index >= 15 is 0 Å². The Morgan fingerprint density at radius 1 is 0.875 bits per heavy atom. The predicted molar refractivity (Wildman–Crippen MR) is 74.8 cm³/mol. The Morgan fingerprint density at radius 2 is 1.50 bits per heavy atom. The predicted octanol–water partition coefficient (Wildman–Crippen LogP) is 4.62. The van der Waals surface area contributed by atoms with E-state index in [9.17, 15) is 0 Å². The largest absolute Gasteiger partial charge is 0.314 e. The third-order valence-corrected chi connectivity index (χ3v) is 3.53. The van der Waals surface area contributed by atoms with E-state index in [1.54, 1.807) is 0 Å². The van der Waals surface area contributed by atoms with Crippen LogP contribution in [0.4, 0.5) is 0 Å². The summed E-state index contributed by atoms with van der Waals surface area (Å²) in [6.07, 6.45) is 8.41. The summed E-state index contributed by atoms with van der Waals surface area (Å²) in [7, 11) is 0. The zero-order valence-electron chi connectivity index (χ0n) is 12.2. The number of nitrogens with one attached hydrogen (secondary N) is 1. The molecule has 0 amide bonds. The smallest absolute Gasteiger partial charge is 0.0116 e. The van der Waals surface area contributed by atoms with Crippen LogP contribution in [0.15, 0.2) is 0 Å². The number of rotatable bonds is 10. The summed E-state index contributed by atoms with van der Waals surface area (Å²) >= 11 is 0. The van der Waals surface area contributed by atoms with Gasteiger partial charge >= 0.3 is 0 Å². The first kappa shape index (κ1) is 16.0. The molecule has 0 aliphatic heterocycles. The van der Waals surface area contributed by atoms with Gasteiger partial charge in [-0.15, -0.1) is 0 Å². The second-order valence-corrected chi connectivity index (χ2v) is 5.51. The monoisotopic (exact) mass is 227 g/mol.